The highest BCUT2D eigenvalue weighted by Gasteiger charge is 2.54. The number of carbonyl (C=O) groups excluding carboxylic acids is 10. The summed E-state index contributed by atoms with van der Waals surface area (Å²) < 4.78 is 4.78. The minimum Gasteiger partial charge on any atom is -0.394 e. The first-order valence-corrected chi connectivity index (χ1v) is 12.5. The number of hydrogen-bond donors (Lipinski definition) is 5. The Labute approximate surface area is 264 Å². The number of carbonyl (C=O) groups is 10. The fourth-order valence-corrected chi connectivity index (χ4v) is 2.78. The molecule has 24 nitrogen and oxygen atoms in total. The molecule has 1 heterocycles. The molecule has 0 saturated carbocycles. The fourth-order valence-electron chi connectivity index (χ4n) is 2.78. The van der Waals surface area contributed by atoms with E-state index in [9.17, 15) is 68.4 Å². The smallest absolute Gasteiger partial charge is 0.394 e. The summed E-state index contributed by atoms with van der Waals surface area (Å²) in [6.45, 7) is -0.149. The molecule has 48 heavy (non-hydrogen) atoms. The van der Waals surface area contributed by atoms with Crippen LogP contribution in [0.5, 0.6) is 0 Å². The quantitative estimate of drug-likeness (QED) is 0.0550. The number of rotatable bonds is 12. The Morgan fingerprint density at radius 3 is 1.42 bits per heavy atom. The summed E-state index contributed by atoms with van der Waals surface area (Å²) in [5.41, 5.74) is 0. The van der Waals surface area contributed by atoms with Crippen molar-refractivity contribution in [1.29, 1.82) is 0 Å². The van der Waals surface area contributed by atoms with Gasteiger partial charge in [0, 0.05) is 31.2 Å². The van der Waals surface area contributed by atoms with Gasteiger partial charge >= 0.3 is 47.8 Å². The lowest BCUT2D eigenvalue weighted by molar-refractivity contribution is -0.348. The molecule has 0 bridgehead atoms. The molecule has 264 valence electrons. The van der Waals surface area contributed by atoms with Crippen LogP contribution in [0.2, 0.25) is 0 Å². The van der Waals surface area contributed by atoms with Gasteiger partial charge in [-0.25, -0.2) is 77.5 Å². The number of aliphatic hydroxyl groups is 5. The summed E-state index contributed by atoms with van der Waals surface area (Å²) in [4.78, 5) is 145. The van der Waals surface area contributed by atoms with E-state index in [1.165, 1.54) is 0 Å². The predicted molar refractivity (Wildman–Crippen MR) is 131 cm³/mol. The van der Waals surface area contributed by atoms with Crippen LogP contribution in [0.1, 0.15) is 26.2 Å². The highest BCUT2D eigenvalue weighted by Crippen LogP contribution is 2.31. The highest BCUT2D eigenvalue weighted by atomic mass is 17.2. The van der Waals surface area contributed by atoms with Crippen molar-refractivity contribution in [2.45, 2.75) is 56.4 Å². The largest absolute Gasteiger partial charge is 0.421 e. The molecule has 1 aliphatic heterocycles. The molecule has 0 aromatic carbocycles. The van der Waals surface area contributed by atoms with Crippen molar-refractivity contribution in [3.8, 4) is 0 Å². The van der Waals surface area contributed by atoms with Gasteiger partial charge in [0.15, 0.2) is 0 Å². The van der Waals surface area contributed by atoms with Gasteiger partial charge in [-0.2, -0.15) is 0 Å². The average Bonchev–Trinajstić information content (AvgIpc) is 3.05. The molecule has 5 N–H and O–H groups in total. The normalized spacial score (nSPS) is 21.7. The van der Waals surface area contributed by atoms with Crippen molar-refractivity contribution in [2.75, 3.05) is 6.61 Å². The van der Waals surface area contributed by atoms with Crippen molar-refractivity contribution in [2.24, 2.45) is 0 Å². The van der Waals surface area contributed by atoms with Crippen LogP contribution in [-0.4, -0.2) is 122 Å². The van der Waals surface area contributed by atoms with Gasteiger partial charge in [0.2, 0.25) is 17.4 Å². The first-order valence-electron chi connectivity index (χ1n) is 12.5. The molecule has 5 atom stereocenters. The molecule has 1 saturated heterocycles. The highest BCUT2D eigenvalue weighted by molar-refractivity contribution is 6.33. The number of ketones is 2. The van der Waals surface area contributed by atoms with Crippen LogP contribution in [0, 0.1) is 0 Å². The van der Waals surface area contributed by atoms with Gasteiger partial charge in [-0.05, 0) is 0 Å². The van der Waals surface area contributed by atoms with Crippen LogP contribution in [0.15, 0.2) is 24.3 Å². The molecule has 0 aliphatic carbocycles. The van der Waals surface area contributed by atoms with E-state index in [-0.39, 0.29) is 12.2 Å². The molecule has 0 spiro atoms. The second kappa shape index (κ2) is 19.1. The number of aliphatic hydroxyl groups excluding tert-OH is 4. The maximum atomic E-state index is 12.0. The molecule has 0 aromatic rings. The van der Waals surface area contributed by atoms with Crippen LogP contribution >= 0.6 is 0 Å². The van der Waals surface area contributed by atoms with E-state index in [1.54, 1.807) is 0 Å². The van der Waals surface area contributed by atoms with Gasteiger partial charge in [-0.1, -0.05) is 0 Å². The summed E-state index contributed by atoms with van der Waals surface area (Å²) in [6, 6.07) is 0. The third kappa shape index (κ3) is 13.8. The molecule has 0 aromatic heterocycles. The van der Waals surface area contributed by atoms with E-state index in [0.29, 0.717) is 12.2 Å². The van der Waals surface area contributed by atoms with Gasteiger partial charge in [-0.3, -0.25) is 9.59 Å². The minimum absolute atomic E-state index is 0.248. The SMILES string of the molecule is CC(=O)C(=O)OOC(=O)/C=C/C(=O)OOC(=O)CCC(=O)OOC(=O)/C=C/C(=O)OOC(=O)C(=O)CC1(O)O[C@H](CO)[C@@H](O)[C@H](O)[C@H]1O. The van der Waals surface area contributed by atoms with E-state index in [4.69, 9.17) is 9.84 Å². The maximum absolute atomic E-state index is 12.0. The van der Waals surface area contributed by atoms with E-state index >= 15 is 0 Å². The maximum Gasteiger partial charge on any atom is 0.421 e. The molecule has 0 amide bonds. The lowest BCUT2D eigenvalue weighted by atomic mass is 9.89. The van der Waals surface area contributed by atoms with Crippen LogP contribution in [0.25, 0.3) is 0 Å². The molecular formula is C24H24O24. The molecule has 24 heteroatoms. The van der Waals surface area contributed by atoms with Crippen molar-refractivity contribution in [3.05, 3.63) is 24.3 Å². The predicted octanol–water partition coefficient (Wildman–Crippen LogP) is -5.40. The Morgan fingerprint density at radius 2 is 1.02 bits per heavy atom. The van der Waals surface area contributed by atoms with Crippen LogP contribution in [-0.2, 0) is 91.8 Å². The summed E-state index contributed by atoms with van der Waals surface area (Å²) in [7, 11) is 0. The van der Waals surface area contributed by atoms with Gasteiger partial charge in [0.1, 0.15) is 24.4 Å². The van der Waals surface area contributed by atoms with Crippen LogP contribution in [0.3, 0.4) is 0 Å². The molecular weight excluding hydrogens is 672 g/mol. The second-order valence-electron chi connectivity index (χ2n) is 8.69. The second-order valence-corrected chi connectivity index (χ2v) is 8.69. The fraction of sp³-hybridized carbons (Fsp3) is 0.417. The van der Waals surface area contributed by atoms with Crippen molar-refractivity contribution in [3.63, 3.8) is 0 Å². The standard InChI is InChI=1S/C24H24O24/c1-10(26)22(37)47-45-17(32)6-4-15(30)43-41-13(28)2-3-14(29)42-44-16(31)5-7-18(33)46-48-23(38)11(27)8-24(39)21(36)20(35)19(34)12(9-25)40-24/h4-7,12,19-21,25,34-36,39H,2-3,8-9H2,1H3/b6-4+,7-5+/t12-,19-,20+,21-,24?/m1/s1. The Kier molecular flexibility index (Phi) is 16.1. The van der Waals surface area contributed by atoms with E-state index in [2.05, 4.69) is 39.1 Å². The van der Waals surface area contributed by atoms with E-state index in [1.807, 2.05) is 0 Å². The molecule has 1 unspecified atom stereocenters. The molecule has 0 radical (unpaired) electrons. The Hall–Kier alpha value is -5.66. The topological polar surface area (TPSA) is 355 Å². The number of hydrogen-bond acceptors (Lipinski definition) is 24. The zero-order chi connectivity index (χ0) is 36.6. The first kappa shape index (κ1) is 40.4. The number of Topliss-reactive ketones (excluding diaryl/α,β-unsaturated/α-hetero) is 2. The summed E-state index contributed by atoms with van der Waals surface area (Å²) in [6.07, 6.45) is -9.76. The zero-order valence-electron chi connectivity index (χ0n) is 23.9. The molecule has 1 rings (SSSR count). The van der Waals surface area contributed by atoms with Gasteiger partial charge in [0.25, 0.3) is 0 Å². The minimum atomic E-state index is -2.97. The van der Waals surface area contributed by atoms with Crippen molar-refractivity contribution in [1.82, 2.24) is 0 Å². The van der Waals surface area contributed by atoms with Crippen molar-refractivity contribution < 1.29 is 117 Å². The Morgan fingerprint density at radius 1 is 0.625 bits per heavy atom. The third-order valence-electron chi connectivity index (χ3n) is 5.06. The van der Waals surface area contributed by atoms with Crippen molar-refractivity contribution >= 4 is 59.3 Å². The summed E-state index contributed by atoms with van der Waals surface area (Å²) >= 11 is 0. The first-order chi connectivity index (χ1) is 22.4. The van der Waals surface area contributed by atoms with Gasteiger partial charge in [-0.15, -0.1) is 0 Å². The van der Waals surface area contributed by atoms with Gasteiger partial charge in [0.05, 0.1) is 25.9 Å². The average molecular weight is 696 g/mol. The molecule has 1 fully saturated rings. The van der Waals surface area contributed by atoms with Crippen LogP contribution in [0.4, 0.5) is 0 Å². The van der Waals surface area contributed by atoms with E-state index < -0.39 is 115 Å². The summed E-state index contributed by atoms with van der Waals surface area (Å²) in [5, 5.41) is 48.7. The monoisotopic (exact) mass is 696 g/mol. The summed E-state index contributed by atoms with van der Waals surface area (Å²) in [5.74, 6) is -17.9. The lowest BCUT2D eigenvalue weighted by Gasteiger charge is -2.44. The Balaban J connectivity index is 2.34. The molecule has 1 aliphatic rings. The van der Waals surface area contributed by atoms with Crippen LogP contribution < -0.4 is 0 Å². The third-order valence-corrected chi connectivity index (χ3v) is 5.06. The Bertz CT molecular complexity index is 1340. The van der Waals surface area contributed by atoms with E-state index in [0.717, 1.165) is 6.92 Å². The number of ether oxygens (including phenoxy) is 1. The lowest BCUT2D eigenvalue weighted by Crippen LogP contribution is -2.65. The van der Waals surface area contributed by atoms with Gasteiger partial charge < -0.3 is 30.3 Å². The zero-order valence-corrected chi connectivity index (χ0v) is 23.9.